The number of carboxylic acid groups (broad SMARTS) is 1. The molecule has 0 rings (SSSR count). The zero-order valence-corrected chi connectivity index (χ0v) is 8.12. The van der Waals surface area contributed by atoms with Crippen molar-refractivity contribution in [2.24, 2.45) is 5.73 Å². The van der Waals surface area contributed by atoms with E-state index in [0.717, 1.165) is 6.42 Å². The molecule has 3 nitrogen and oxygen atoms in total. The van der Waals surface area contributed by atoms with Crippen molar-refractivity contribution in [3.63, 3.8) is 0 Å². The highest BCUT2D eigenvalue weighted by Crippen LogP contribution is 2.02. The van der Waals surface area contributed by atoms with Crippen molar-refractivity contribution < 1.29 is 9.90 Å². The Bertz CT molecular complexity index is 86.6. The van der Waals surface area contributed by atoms with Gasteiger partial charge in [-0.05, 0) is 12.8 Å². The van der Waals surface area contributed by atoms with Crippen molar-refractivity contribution in [2.75, 3.05) is 0 Å². The van der Waals surface area contributed by atoms with Crippen LogP contribution in [0.4, 0.5) is 0 Å². The molecule has 0 radical (unpaired) electrons. The minimum atomic E-state index is -0.250. The monoisotopic (exact) mass is 175 g/mol. The predicted molar refractivity (Wildman–Crippen MR) is 51.1 cm³/mol. The molecule has 3 N–H and O–H groups in total. The van der Waals surface area contributed by atoms with Gasteiger partial charge in [-0.1, -0.05) is 33.1 Å². The van der Waals surface area contributed by atoms with Crippen molar-refractivity contribution >= 4 is 6.47 Å². The summed E-state index contributed by atoms with van der Waals surface area (Å²) in [6, 6.07) is 0.455. The lowest BCUT2D eigenvalue weighted by molar-refractivity contribution is -0.122. The molecule has 0 heterocycles. The largest absolute Gasteiger partial charge is 0.483 e. The Labute approximate surface area is 75.0 Å². The van der Waals surface area contributed by atoms with Crippen molar-refractivity contribution in [1.29, 1.82) is 0 Å². The maximum atomic E-state index is 8.36. The third-order valence-electron chi connectivity index (χ3n) is 1.70. The predicted octanol–water partition coefficient (Wildman–Crippen LogP) is 2.00. The third-order valence-corrected chi connectivity index (χ3v) is 1.70. The molecule has 0 aromatic carbocycles. The van der Waals surface area contributed by atoms with E-state index >= 15 is 0 Å². The van der Waals surface area contributed by atoms with Crippen LogP contribution in [0.2, 0.25) is 0 Å². The second kappa shape index (κ2) is 13.1. The lowest BCUT2D eigenvalue weighted by Gasteiger charge is -2.05. The molecule has 0 aromatic rings. The van der Waals surface area contributed by atoms with Crippen LogP contribution >= 0.6 is 0 Å². The summed E-state index contributed by atoms with van der Waals surface area (Å²) in [5, 5.41) is 6.89. The number of rotatable bonds is 5. The molecule has 0 aromatic heterocycles. The van der Waals surface area contributed by atoms with E-state index in [1.807, 2.05) is 0 Å². The van der Waals surface area contributed by atoms with Crippen LogP contribution in [0.1, 0.15) is 46.0 Å². The van der Waals surface area contributed by atoms with Gasteiger partial charge in [0.25, 0.3) is 6.47 Å². The fourth-order valence-corrected chi connectivity index (χ4v) is 0.861. The van der Waals surface area contributed by atoms with Crippen LogP contribution in [0.5, 0.6) is 0 Å². The summed E-state index contributed by atoms with van der Waals surface area (Å²) in [5.41, 5.74) is 5.71. The maximum absolute atomic E-state index is 8.36. The molecule has 0 saturated carbocycles. The number of hydrogen-bond acceptors (Lipinski definition) is 2. The van der Waals surface area contributed by atoms with E-state index in [2.05, 4.69) is 13.8 Å². The van der Waals surface area contributed by atoms with Crippen LogP contribution in [0.3, 0.4) is 0 Å². The molecule has 3 heteroatoms. The summed E-state index contributed by atoms with van der Waals surface area (Å²) in [4.78, 5) is 8.36. The summed E-state index contributed by atoms with van der Waals surface area (Å²) in [7, 11) is 0. The van der Waals surface area contributed by atoms with Gasteiger partial charge in [-0.15, -0.1) is 0 Å². The van der Waals surface area contributed by atoms with Crippen LogP contribution in [-0.2, 0) is 4.79 Å². The molecular weight excluding hydrogens is 154 g/mol. The first-order valence-corrected chi connectivity index (χ1v) is 4.56. The zero-order chi connectivity index (χ0) is 9.82. The fraction of sp³-hybridized carbons (Fsp3) is 0.889. The summed E-state index contributed by atoms with van der Waals surface area (Å²) in [6.07, 6.45) is 6.30. The molecular formula is C9H21NO2. The molecule has 0 aliphatic carbocycles. The summed E-state index contributed by atoms with van der Waals surface area (Å²) < 4.78 is 0. The highest BCUT2D eigenvalue weighted by molar-refractivity contribution is 5.32. The topological polar surface area (TPSA) is 63.3 Å². The Hall–Kier alpha value is -0.570. The Kier molecular flexibility index (Phi) is 15.2. The summed E-state index contributed by atoms with van der Waals surface area (Å²) in [6.45, 7) is 4.12. The van der Waals surface area contributed by atoms with Gasteiger partial charge in [-0.3, -0.25) is 4.79 Å². The van der Waals surface area contributed by atoms with Gasteiger partial charge >= 0.3 is 0 Å². The smallest absolute Gasteiger partial charge is 0.290 e. The molecule has 0 fully saturated rings. The second-order valence-corrected chi connectivity index (χ2v) is 2.77. The SMILES string of the molecule is CCCCCC(N)CC.O=CO. The van der Waals surface area contributed by atoms with Crippen molar-refractivity contribution in [3.05, 3.63) is 0 Å². The minimum absolute atomic E-state index is 0.250. The van der Waals surface area contributed by atoms with Crippen LogP contribution < -0.4 is 5.73 Å². The van der Waals surface area contributed by atoms with E-state index in [-0.39, 0.29) is 6.47 Å². The van der Waals surface area contributed by atoms with Gasteiger partial charge in [0.15, 0.2) is 0 Å². The summed E-state index contributed by atoms with van der Waals surface area (Å²) in [5.74, 6) is 0. The van der Waals surface area contributed by atoms with Gasteiger partial charge in [-0.2, -0.15) is 0 Å². The molecule has 1 atom stereocenters. The highest BCUT2D eigenvalue weighted by Gasteiger charge is 1.95. The molecule has 12 heavy (non-hydrogen) atoms. The molecule has 0 saturated heterocycles. The quantitative estimate of drug-likeness (QED) is 0.496. The van der Waals surface area contributed by atoms with Gasteiger partial charge in [0, 0.05) is 6.04 Å². The lowest BCUT2D eigenvalue weighted by atomic mass is 10.1. The average molecular weight is 175 g/mol. The number of carbonyl (C=O) groups is 1. The molecule has 0 aliphatic heterocycles. The van der Waals surface area contributed by atoms with Gasteiger partial charge in [-0.25, -0.2) is 0 Å². The van der Waals surface area contributed by atoms with Crippen LogP contribution in [0, 0.1) is 0 Å². The first-order chi connectivity index (χ1) is 5.72. The lowest BCUT2D eigenvalue weighted by Crippen LogP contribution is -2.17. The third kappa shape index (κ3) is 16.2. The van der Waals surface area contributed by atoms with Crippen LogP contribution in [0.25, 0.3) is 0 Å². The van der Waals surface area contributed by atoms with Gasteiger partial charge in [0.2, 0.25) is 0 Å². The Balaban J connectivity index is 0. The van der Waals surface area contributed by atoms with Crippen LogP contribution in [0.15, 0.2) is 0 Å². The highest BCUT2D eigenvalue weighted by atomic mass is 16.3. The molecule has 0 bridgehead atoms. The number of nitrogens with two attached hydrogens (primary N) is 1. The molecule has 0 amide bonds. The minimum Gasteiger partial charge on any atom is -0.483 e. The number of hydrogen-bond donors (Lipinski definition) is 2. The van der Waals surface area contributed by atoms with Gasteiger partial charge in [0.05, 0.1) is 0 Å². The van der Waals surface area contributed by atoms with Crippen molar-refractivity contribution in [3.8, 4) is 0 Å². The molecule has 0 aliphatic rings. The summed E-state index contributed by atoms with van der Waals surface area (Å²) >= 11 is 0. The van der Waals surface area contributed by atoms with E-state index in [1.165, 1.54) is 25.7 Å². The second-order valence-electron chi connectivity index (χ2n) is 2.77. The van der Waals surface area contributed by atoms with E-state index in [4.69, 9.17) is 15.6 Å². The Morgan fingerprint density at radius 3 is 2.25 bits per heavy atom. The molecule has 0 spiro atoms. The standard InChI is InChI=1S/C8H19N.CH2O2/c1-3-5-6-7-8(9)4-2;2-1-3/h8H,3-7,9H2,1-2H3;1H,(H,2,3). The Morgan fingerprint density at radius 2 is 1.92 bits per heavy atom. The van der Waals surface area contributed by atoms with E-state index < -0.39 is 0 Å². The first kappa shape index (κ1) is 14.0. The van der Waals surface area contributed by atoms with Gasteiger partial charge in [0.1, 0.15) is 0 Å². The van der Waals surface area contributed by atoms with E-state index in [0.29, 0.717) is 6.04 Å². The van der Waals surface area contributed by atoms with E-state index in [9.17, 15) is 0 Å². The van der Waals surface area contributed by atoms with Gasteiger partial charge < -0.3 is 10.8 Å². The Morgan fingerprint density at radius 1 is 1.42 bits per heavy atom. The average Bonchev–Trinajstić information content (AvgIpc) is 2.06. The van der Waals surface area contributed by atoms with E-state index in [1.54, 1.807) is 0 Å². The molecule has 74 valence electrons. The maximum Gasteiger partial charge on any atom is 0.290 e. The zero-order valence-electron chi connectivity index (χ0n) is 8.12. The number of unbranched alkanes of at least 4 members (excludes halogenated alkanes) is 2. The molecule has 1 unspecified atom stereocenters. The normalized spacial score (nSPS) is 11.2. The van der Waals surface area contributed by atoms with Crippen molar-refractivity contribution in [1.82, 2.24) is 0 Å². The fourth-order valence-electron chi connectivity index (χ4n) is 0.861. The van der Waals surface area contributed by atoms with Crippen LogP contribution in [-0.4, -0.2) is 17.6 Å². The van der Waals surface area contributed by atoms with Crippen molar-refractivity contribution in [2.45, 2.75) is 52.0 Å². The first-order valence-electron chi connectivity index (χ1n) is 4.56.